The minimum Gasteiger partial charge on any atom is -0.338 e. The molecule has 2 aromatic rings. The summed E-state index contributed by atoms with van der Waals surface area (Å²) in [6.45, 7) is 5.02. The van der Waals surface area contributed by atoms with Gasteiger partial charge in [-0.15, -0.1) is 11.3 Å². The fraction of sp³-hybridized carbons (Fsp3) is 0.500. The standard InChI is InChI=1S/C18H24N4OS/c1-3-15-12-21(2)9-6-10-22(15)17(23)11-14-13-24-18(20-14)16-7-4-5-8-19-16/h4-5,7-8,13,15H,3,6,9-12H2,1-2H3. The average Bonchev–Trinajstić information content (AvgIpc) is 2.97. The lowest BCUT2D eigenvalue weighted by molar-refractivity contribution is -0.132. The molecule has 2 aromatic heterocycles. The molecule has 1 fully saturated rings. The molecule has 1 amide bonds. The molecule has 0 saturated carbocycles. The SMILES string of the molecule is CCC1CN(C)CCCN1C(=O)Cc1csc(-c2ccccn2)n1. The van der Waals surface area contributed by atoms with Gasteiger partial charge in [0.2, 0.25) is 5.91 Å². The number of hydrogen-bond donors (Lipinski definition) is 0. The van der Waals surface area contributed by atoms with Crippen LogP contribution in [0.4, 0.5) is 0 Å². The van der Waals surface area contributed by atoms with Crippen LogP contribution >= 0.6 is 11.3 Å². The van der Waals surface area contributed by atoms with Gasteiger partial charge in [0.25, 0.3) is 0 Å². The second kappa shape index (κ2) is 7.85. The van der Waals surface area contributed by atoms with Crippen LogP contribution in [-0.4, -0.2) is 58.4 Å². The zero-order chi connectivity index (χ0) is 16.9. The zero-order valence-electron chi connectivity index (χ0n) is 14.3. The van der Waals surface area contributed by atoms with Crippen LogP contribution in [-0.2, 0) is 11.2 Å². The molecule has 1 aliphatic rings. The highest BCUT2D eigenvalue weighted by Gasteiger charge is 2.26. The van der Waals surface area contributed by atoms with E-state index in [1.54, 1.807) is 17.5 Å². The van der Waals surface area contributed by atoms with Crippen LogP contribution in [0.2, 0.25) is 0 Å². The van der Waals surface area contributed by atoms with E-state index in [1.807, 2.05) is 23.6 Å². The number of amides is 1. The van der Waals surface area contributed by atoms with Gasteiger partial charge in [0, 0.05) is 30.7 Å². The molecule has 3 heterocycles. The molecule has 0 spiro atoms. The Bertz CT molecular complexity index is 673. The molecule has 5 nitrogen and oxygen atoms in total. The number of thiazole rings is 1. The zero-order valence-corrected chi connectivity index (χ0v) is 15.1. The number of hydrogen-bond acceptors (Lipinski definition) is 5. The molecule has 6 heteroatoms. The molecule has 24 heavy (non-hydrogen) atoms. The summed E-state index contributed by atoms with van der Waals surface area (Å²) in [7, 11) is 2.14. The quantitative estimate of drug-likeness (QED) is 0.856. The summed E-state index contributed by atoms with van der Waals surface area (Å²) >= 11 is 1.55. The normalized spacial score (nSPS) is 19.2. The third-order valence-corrected chi connectivity index (χ3v) is 5.38. The Balaban J connectivity index is 1.69. The van der Waals surface area contributed by atoms with Gasteiger partial charge in [-0.1, -0.05) is 13.0 Å². The van der Waals surface area contributed by atoms with Crippen LogP contribution in [0.25, 0.3) is 10.7 Å². The van der Waals surface area contributed by atoms with Crippen molar-refractivity contribution in [1.29, 1.82) is 0 Å². The molecule has 0 radical (unpaired) electrons. The minimum atomic E-state index is 0.190. The minimum absolute atomic E-state index is 0.190. The van der Waals surface area contributed by atoms with Crippen molar-refractivity contribution in [2.75, 3.05) is 26.7 Å². The summed E-state index contributed by atoms with van der Waals surface area (Å²) in [5.41, 5.74) is 1.71. The number of nitrogens with zero attached hydrogens (tertiary/aromatic N) is 4. The maximum atomic E-state index is 12.8. The number of aromatic nitrogens is 2. The third kappa shape index (κ3) is 3.99. The molecule has 0 bridgehead atoms. The molecule has 3 rings (SSSR count). The number of carbonyl (C=O) groups is 1. The van der Waals surface area contributed by atoms with E-state index in [4.69, 9.17) is 0 Å². The first-order chi connectivity index (χ1) is 11.7. The van der Waals surface area contributed by atoms with Crippen molar-refractivity contribution in [2.24, 2.45) is 0 Å². The molecule has 0 aromatic carbocycles. The summed E-state index contributed by atoms with van der Waals surface area (Å²) in [5.74, 6) is 0.190. The summed E-state index contributed by atoms with van der Waals surface area (Å²) in [6.07, 6.45) is 4.17. The van der Waals surface area contributed by atoms with Gasteiger partial charge in [-0.05, 0) is 38.6 Å². The Morgan fingerprint density at radius 3 is 3.00 bits per heavy atom. The van der Waals surface area contributed by atoms with E-state index in [0.29, 0.717) is 12.5 Å². The number of rotatable bonds is 4. The third-order valence-electron chi connectivity index (χ3n) is 4.46. The van der Waals surface area contributed by atoms with E-state index >= 15 is 0 Å². The molecule has 0 N–H and O–H groups in total. The number of likely N-dealkylation sites (N-methyl/N-ethyl adjacent to an activating group) is 1. The highest BCUT2D eigenvalue weighted by Crippen LogP contribution is 2.22. The van der Waals surface area contributed by atoms with Crippen LogP contribution in [0.3, 0.4) is 0 Å². The Hall–Kier alpha value is -1.79. The lowest BCUT2D eigenvalue weighted by Crippen LogP contribution is -2.44. The first kappa shape index (κ1) is 17.0. The predicted octanol–water partition coefficient (Wildman–Crippen LogP) is 2.69. The lowest BCUT2D eigenvalue weighted by atomic mass is 10.1. The Morgan fingerprint density at radius 2 is 2.25 bits per heavy atom. The molecule has 0 aliphatic carbocycles. The van der Waals surface area contributed by atoms with E-state index in [2.05, 4.69) is 33.7 Å². The molecular weight excluding hydrogens is 320 g/mol. The predicted molar refractivity (Wildman–Crippen MR) is 97.0 cm³/mol. The van der Waals surface area contributed by atoms with Crippen LogP contribution in [0.15, 0.2) is 29.8 Å². The van der Waals surface area contributed by atoms with Gasteiger partial charge >= 0.3 is 0 Å². The Morgan fingerprint density at radius 1 is 1.38 bits per heavy atom. The molecule has 1 saturated heterocycles. The fourth-order valence-corrected chi connectivity index (χ4v) is 3.97. The summed E-state index contributed by atoms with van der Waals surface area (Å²) in [5, 5.41) is 2.85. The van der Waals surface area contributed by atoms with E-state index in [0.717, 1.165) is 48.9 Å². The fourth-order valence-electron chi connectivity index (χ4n) is 3.17. The maximum absolute atomic E-state index is 12.8. The first-order valence-corrected chi connectivity index (χ1v) is 9.39. The van der Waals surface area contributed by atoms with Crippen molar-refractivity contribution >= 4 is 17.2 Å². The first-order valence-electron chi connectivity index (χ1n) is 8.51. The smallest absolute Gasteiger partial charge is 0.228 e. The molecule has 1 atom stereocenters. The summed E-state index contributed by atoms with van der Waals surface area (Å²) < 4.78 is 0. The Kier molecular flexibility index (Phi) is 5.58. The number of pyridine rings is 1. The summed E-state index contributed by atoms with van der Waals surface area (Å²) in [6, 6.07) is 6.10. The molecule has 128 valence electrons. The van der Waals surface area contributed by atoms with Crippen LogP contribution in [0.1, 0.15) is 25.5 Å². The summed E-state index contributed by atoms with van der Waals surface area (Å²) in [4.78, 5) is 26.1. The second-order valence-electron chi connectivity index (χ2n) is 6.30. The van der Waals surface area contributed by atoms with Crippen molar-refractivity contribution in [1.82, 2.24) is 19.8 Å². The van der Waals surface area contributed by atoms with Crippen LogP contribution in [0.5, 0.6) is 0 Å². The van der Waals surface area contributed by atoms with Crippen LogP contribution < -0.4 is 0 Å². The van der Waals surface area contributed by atoms with Crippen molar-refractivity contribution < 1.29 is 4.79 Å². The van der Waals surface area contributed by atoms with Gasteiger partial charge in [-0.2, -0.15) is 0 Å². The van der Waals surface area contributed by atoms with Gasteiger partial charge in [0.15, 0.2) is 0 Å². The van der Waals surface area contributed by atoms with E-state index in [1.165, 1.54) is 0 Å². The topological polar surface area (TPSA) is 49.3 Å². The van der Waals surface area contributed by atoms with Crippen molar-refractivity contribution in [2.45, 2.75) is 32.2 Å². The number of carbonyl (C=O) groups excluding carboxylic acids is 1. The molecular formula is C18H24N4OS. The van der Waals surface area contributed by atoms with Gasteiger partial charge in [0.1, 0.15) is 5.01 Å². The molecule has 1 unspecified atom stereocenters. The van der Waals surface area contributed by atoms with Crippen molar-refractivity contribution in [3.8, 4) is 10.7 Å². The van der Waals surface area contributed by atoms with Gasteiger partial charge in [-0.25, -0.2) is 4.98 Å². The van der Waals surface area contributed by atoms with Gasteiger partial charge < -0.3 is 9.80 Å². The van der Waals surface area contributed by atoms with Gasteiger partial charge in [-0.3, -0.25) is 9.78 Å². The monoisotopic (exact) mass is 344 g/mol. The maximum Gasteiger partial charge on any atom is 0.228 e. The molecule has 1 aliphatic heterocycles. The highest BCUT2D eigenvalue weighted by molar-refractivity contribution is 7.13. The van der Waals surface area contributed by atoms with Crippen molar-refractivity contribution in [3.63, 3.8) is 0 Å². The highest BCUT2D eigenvalue weighted by atomic mass is 32.1. The lowest BCUT2D eigenvalue weighted by Gasteiger charge is -2.30. The largest absolute Gasteiger partial charge is 0.338 e. The average molecular weight is 344 g/mol. The van der Waals surface area contributed by atoms with E-state index in [9.17, 15) is 4.79 Å². The van der Waals surface area contributed by atoms with Crippen LogP contribution in [0, 0.1) is 0 Å². The second-order valence-corrected chi connectivity index (χ2v) is 7.16. The van der Waals surface area contributed by atoms with Crippen molar-refractivity contribution in [3.05, 3.63) is 35.5 Å². The Labute approximate surface area is 147 Å². The van der Waals surface area contributed by atoms with E-state index in [-0.39, 0.29) is 5.91 Å². The van der Waals surface area contributed by atoms with Gasteiger partial charge in [0.05, 0.1) is 17.8 Å². The van der Waals surface area contributed by atoms with E-state index < -0.39 is 0 Å².